The van der Waals surface area contributed by atoms with Crippen molar-refractivity contribution in [2.75, 3.05) is 0 Å². The van der Waals surface area contributed by atoms with Crippen LogP contribution in [0.3, 0.4) is 0 Å². The molecule has 0 aliphatic rings. The molecule has 0 saturated heterocycles. The molecule has 0 aliphatic carbocycles. The first-order chi connectivity index (χ1) is 13.0. The number of non-ortho nitro benzene ring substituents is 1. The molecule has 0 fully saturated rings. The topological polar surface area (TPSA) is 122 Å². The first kappa shape index (κ1) is 16.8. The van der Waals surface area contributed by atoms with Gasteiger partial charge >= 0.3 is 5.97 Å². The third-order valence-electron chi connectivity index (χ3n) is 4.04. The molecule has 3 aromatic heterocycles. The third kappa shape index (κ3) is 2.73. The second-order valence-electron chi connectivity index (χ2n) is 5.63. The van der Waals surface area contributed by atoms with Crippen LogP contribution in [0.1, 0.15) is 16.2 Å². The van der Waals surface area contributed by atoms with E-state index < -0.39 is 10.9 Å². The molecule has 0 atom stereocenters. The van der Waals surface area contributed by atoms with E-state index in [-0.39, 0.29) is 23.4 Å². The predicted octanol–water partition coefficient (Wildman–Crippen LogP) is 1.91. The van der Waals surface area contributed by atoms with Crippen LogP contribution in [0.15, 0.2) is 40.5 Å². The van der Waals surface area contributed by atoms with E-state index in [0.717, 1.165) is 0 Å². The quantitative estimate of drug-likeness (QED) is 0.299. The Labute approximate surface area is 154 Å². The monoisotopic (exact) mass is 385 g/mol. The largest absolute Gasteiger partial charge is 0.454 e. The van der Waals surface area contributed by atoms with Crippen molar-refractivity contribution < 1.29 is 14.5 Å². The molecular weight excluding hydrogens is 374 g/mol. The van der Waals surface area contributed by atoms with Gasteiger partial charge in [0.25, 0.3) is 11.2 Å². The lowest BCUT2D eigenvalue weighted by Gasteiger charge is -2.06. The summed E-state index contributed by atoms with van der Waals surface area (Å²) in [6, 6.07) is 6.88. The van der Waals surface area contributed by atoms with E-state index in [4.69, 9.17) is 4.74 Å². The Hall–Kier alpha value is -3.60. The van der Waals surface area contributed by atoms with Crippen LogP contribution in [0.5, 0.6) is 0 Å². The maximum absolute atomic E-state index is 12.3. The number of benzene rings is 1. The van der Waals surface area contributed by atoms with Crippen LogP contribution in [0.4, 0.5) is 5.69 Å². The molecular formula is C16H11N5O5S. The van der Waals surface area contributed by atoms with E-state index in [0.29, 0.717) is 21.8 Å². The zero-order chi connectivity index (χ0) is 19.1. The average Bonchev–Trinajstić information content (AvgIpc) is 3.31. The molecule has 4 aromatic rings. The summed E-state index contributed by atoms with van der Waals surface area (Å²) < 4.78 is 8.85. The van der Waals surface area contributed by atoms with Gasteiger partial charge < -0.3 is 4.74 Å². The number of nitro groups is 1. The van der Waals surface area contributed by atoms with Gasteiger partial charge in [-0.05, 0) is 23.6 Å². The minimum atomic E-state index is -0.645. The summed E-state index contributed by atoms with van der Waals surface area (Å²) in [4.78, 5) is 34.6. The highest BCUT2D eigenvalue weighted by Gasteiger charge is 2.17. The number of thiophene rings is 1. The Morgan fingerprint density at radius 2 is 2.00 bits per heavy atom. The van der Waals surface area contributed by atoms with Gasteiger partial charge in [-0.2, -0.15) is 0 Å². The van der Waals surface area contributed by atoms with Crippen LogP contribution >= 0.6 is 11.3 Å². The van der Waals surface area contributed by atoms with Gasteiger partial charge in [-0.3, -0.25) is 23.9 Å². The van der Waals surface area contributed by atoms with Crippen molar-refractivity contribution in [2.45, 2.75) is 6.61 Å². The van der Waals surface area contributed by atoms with Gasteiger partial charge in [0, 0.05) is 19.2 Å². The van der Waals surface area contributed by atoms with E-state index in [2.05, 4.69) is 10.2 Å². The molecule has 10 nitrogen and oxygen atoms in total. The maximum Gasteiger partial charge on any atom is 0.338 e. The minimum absolute atomic E-state index is 0.115. The normalized spacial score (nSPS) is 11.1. The fraction of sp³-hybridized carbons (Fsp3) is 0.125. The molecule has 0 radical (unpaired) electrons. The second kappa shape index (κ2) is 6.29. The Bertz CT molecular complexity index is 1250. The number of hydrogen-bond acceptors (Lipinski definition) is 8. The van der Waals surface area contributed by atoms with Gasteiger partial charge in [0.1, 0.15) is 4.70 Å². The summed E-state index contributed by atoms with van der Waals surface area (Å²) in [7, 11) is 1.60. The molecule has 0 unspecified atom stereocenters. The molecule has 1 aromatic carbocycles. The molecule has 136 valence electrons. The molecule has 0 bridgehead atoms. The number of esters is 1. The summed E-state index contributed by atoms with van der Waals surface area (Å²) in [5, 5.41) is 20.5. The van der Waals surface area contributed by atoms with E-state index >= 15 is 0 Å². The summed E-state index contributed by atoms with van der Waals surface area (Å²) in [5.41, 5.74) is 0.539. The van der Waals surface area contributed by atoms with E-state index in [9.17, 15) is 19.7 Å². The van der Waals surface area contributed by atoms with Gasteiger partial charge in [-0.1, -0.05) is 0 Å². The number of nitro benzene ring substituents is 1. The molecule has 0 saturated carbocycles. The van der Waals surface area contributed by atoms with Crippen LogP contribution in [0.2, 0.25) is 0 Å². The average molecular weight is 385 g/mol. The van der Waals surface area contributed by atoms with E-state index in [1.54, 1.807) is 22.9 Å². The van der Waals surface area contributed by atoms with Crippen molar-refractivity contribution in [3.05, 3.63) is 67.6 Å². The van der Waals surface area contributed by atoms with Gasteiger partial charge in [0.2, 0.25) is 5.78 Å². The van der Waals surface area contributed by atoms with Gasteiger partial charge in [0.15, 0.2) is 12.4 Å². The molecule has 3 heterocycles. The van der Waals surface area contributed by atoms with Gasteiger partial charge in [-0.25, -0.2) is 4.79 Å². The Balaban J connectivity index is 1.63. The van der Waals surface area contributed by atoms with Crippen LogP contribution in [-0.2, 0) is 18.4 Å². The van der Waals surface area contributed by atoms with Crippen molar-refractivity contribution in [3.63, 3.8) is 0 Å². The highest BCUT2D eigenvalue weighted by molar-refractivity contribution is 7.17. The standard InChI is InChI=1S/C16H11N5O5S/c1-19-14(22)13-11(6-7-27-13)20-12(17-18-16(19)20)8-26-15(23)9-2-4-10(5-3-9)21(24)25/h2-7H,8H2,1H3. The van der Waals surface area contributed by atoms with Crippen LogP contribution in [-0.4, -0.2) is 30.1 Å². The van der Waals surface area contributed by atoms with Crippen molar-refractivity contribution in [1.82, 2.24) is 19.2 Å². The number of aromatic nitrogens is 4. The van der Waals surface area contributed by atoms with Crippen molar-refractivity contribution in [3.8, 4) is 0 Å². The zero-order valence-electron chi connectivity index (χ0n) is 13.9. The zero-order valence-corrected chi connectivity index (χ0v) is 14.7. The van der Waals surface area contributed by atoms with E-state index in [1.807, 2.05) is 0 Å². The molecule has 11 heteroatoms. The number of nitrogens with zero attached hydrogens (tertiary/aromatic N) is 5. The van der Waals surface area contributed by atoms with E-state index in [1.165, 1.54) is 40.2 Å². The van der Waals surface area contributed by atoms with Crippen molar-refractivity contribution in [1.29, 1.82) is 0 Å². The number of hydrogen-bond donors (Lipinski definition) is 0. The smallest absolute Gasteiger partial charge is 0.338 e. The SMILES string of the molecule is Cn1c(=O)c2sccc2n2c(COC(=O)c3ccc([N+](=O)[O-])cc3)nnc12. The molecule has 0 amide bonds. The number of ether oxygens (including phenoxy) is 1. The highest BCUT2D eigenvalue weighted by Crippen LogP contribution is 2.20. The number of fused-ring (bicyclic) bond motifs is 3. The Morgan fingerprint density at radius 3 is 2.70 bits per heavy atom. The summed E-state index contributed by atoms with van der Waals surface area (Å²) in [6.07, 6.45) is 0. The first-order valence-electron chi connectivity index (χ1n) is 7.69. The number of carbonyl (C=O) groups is 1. The molecule has 0 spiro atoms. The molecule has 0 N–H and O–H groups in total. The minimum Gasteiger partial charge on any atom is -0.454 e. The third-order valence-corrected chi connectivity index (χ3v) is 4.94. The number of rotatable bonds is 4. The first-order valence-corrected chi connectivity index (χ1v) is 8.57. The number of carbonyl (C=O) groups excluding carboxylic acids is 1. The van der Waals surface area contributed by atoms with Crippen LogP contribution < -0.4 is 5.56 Å². The molecule has 27 heavy (non-hydrogen) atoms. The summed E-state index contributed by atoms with van der Waals surface area (Å²) in [5.74, 6) is 0.0552. The summed E-state index contributed by atoms with van der Waals surface area (Å²) >= 11 is 1.31. The highest BCUT2D eigenvalue weighted by atomic mass is 32.1. The lowest BCUT2D eigenvalue weighted by atomic mass is 10.2. The predicted molar refractivity (Wildman–Crippen MR) is 95.8 cm³/mol. The number of aryl methyl sites for hydroxylation is 1. The second-order valence-corrected chi connectivity index (χ2v) is 6.55. The lowest BCUT2D eigenvalue weighted by Crippen LogP contribution is -2.19. The van der Waals surface area contributed by atoms with Crippen molar-refractivity contribution >= 4 is 39.0 Å². The summed E-state index contributed by atoms with van der Waals surface area (Å²) in [6.45, 7) is -0.167. The Kier molecular flexibility index (Phi) is 3.92. The Morgan fingerprint density at radius 1 is 1.26 bits per heavy atom. The van der Waals surface area contributed by atoms with Crippen LogP contribution in [0, 0.1) is 10.1 Å². The fourth-order valence-electron chi connectivity index (χ4n) is 2.68. The fourth-order valence-corrected chi connectivity index (χ4v) is 3.53. The molecule has 0 aliphatic heterocycles. The van der Waals surface area contributed by atoms with Crippen molar-refractivity contribution in [2.24, 2.45) is 7.05 Å². The lowest BCUT2D eigenvalue weighted by molar-refractivity contribution is -0.384. The van der Waals surface area contributed by atoms with Crippen LogP contribution in [0.25, 0.3) is 16.0 Å². The molecule has 4 rings (SSSR count). The maximum atomic E-state index is 12.3. The van der Waals surface area contributed by atoms with Gasteiger partial charge in [0.05, 0.1) is 16.0 Å². The van der Waals surface area contributed by atoms with Gasteiger partial charge in [-0.15, -0.1) is 21.5 Å².